The van der Waals surface area contributed by atoms with Crippen LogP contribution in [-0.4, -0.2) is 28.2 Å². The lowest BCUT2D eigenvalue weighted by molar-refractivity contribution is -0.127. The minimum absolute atomic E-state index is 0.00574. The Morgan fingerprint density at radius 2 is 2.31 bits per heavy atom. The molecule has 3 nitrogen and oxygen atoms in total. The lowest BCUT2D eigenvalue weighted by Crippen LogP contribution is -2.38. The molecule has 4 unspecified atom stereocenters. The summed E-state index contributed by atoms with van der Waals surface area (Å²) in [4.78, 5) is 11.5. The predicted molar refractivity (Wildman–Crippen MR) is 47.0 cm³/mol. The monoisotopic (exact) mass is 184 g/mol. The highest BCUT2D eigenvalue weighted by Crippen LogP contribution is 2.49. The fourth-order valence-corrected chi connectivity index (χ4v) is 2.83. The molecule has 0 aromatic heterocycles. The summed E-state index contributed by atoms with van der Waals surface area (Å²) in [7, 11) is 0. The molecule has 0 saturated heterocycles. The molecule has 0 heterocycles. The van der Waals surface area contributed by atoms with Crippen molar-refractivity contribution in [1.29, 1.82) is 0 Å². The average molecular weight is 184 g/mol. The molecule has 0 radical (unpaired) electrons. The third-order valence-electron chi connectivity index (χ3n) is 3.90. The highest BCUT2D eigenvalue weighted by Gasteiger charge is 2.52. The van der Waals surface area contributed by atoms with Crippen molar-refractivity contribution in [2.75, 3.05) is 6.61 Å². The van der Waals surface area contributed by atoms with Crippen molar-refractivity contribution in [2.45, 2.75) is 31.8 Å². The summed E-state index contributed by atoms with van der Waals surface area (Å²) >= 11 is 0. The van der Waals surface area contributed by atoms with Crippen LogP contribution in [0.25, 0.3) is 0 Å². The van der Waals surface area contributed by atoms with E-state index in [1.54, 1.807) is 0 Å². The summed E-state index contributed by atoms with van der Waals surface area (Å²) in [5, 5.41) is 19.1. The standard InChI is InChI=1S/C10H16O3/c1-6-7-2-8(3-9(6)12)10(13,4-7)5-11/h6-8,11,13H,2-5H2,1H3. The Balaban J connectivity index is 2.23. The minimum Gasteiger partial charge on any atom is -0.393 e. The van der Waals surface area contributed by atoms with E-state index in [-0.39, 0.29) is 24.2 Å². The van der Waals surface area contributed by atoms with Gasteiger partial charge in [0.15, 0.2) is 0 Å². The van der Waals surface area contributed by atoms with Gasteiger partial charge in [-0.25, -0.2) is 0 Å². The average Bonchev–Trinajstić information content (AvgIpc) is 2.39. The Labute approximate surface area is 77.8 Å². The molecule has 0 amide bonds. The summed E-state index contributed by atoms with van der Waals surface area (Å²) in [6.07, 6.45) is 1.96. The normalized spacial score (nSPS) is 49.8. The maximum atomic E-state index is 11.5. The first kappa shape index (κ1) is 9.16. The molecule has 2 saturated carbocycles. The molecule has 2 aliphatic rings. The van der Waals surface area contributed by atoms with Crippen molar-refractivity contribution in [1.82, 2.24) is 0 Å². The van der Waals surface area contributed by atoms with Gasteiger partial charge in [-0.15, -0.1) is 0 Å². The van der Waals surface area contributed by atoms with Crippen LogP contribution >= 0.6 is 0 Å². The number of fused-ring (bicyclic) bond motifs is 2. The molecule has 4 atom stereocenters. The zero-order valence-corrected chi connectivity index (χ0v) is 7.86. The van der Waals surface area contributed by atoms with E-state index in [1.807, 2.05) is 6.92 Å². The second-order valence-electron chi connectivity index (χ2n) is 4.62. The molecule has 13 heavy (non-hydrogen) atoms. The summed E-state index contributed by atoms with van der Waals surface area (Å²) in [5.41, 5.74) is -0.967. The Kier molecular flexibility index (Phi) is 1.96. The first-order chi connectivity index (χ1) is 6.07. The Morgan fingerprint density at radius 1 is 1.62 bits per heavy atom. The third kappa shape index (κ3) is 1.22. The maximum absolute atomic E-state index is 11.5. The number of carbonyl (C=O) groups excluding carboxylic acids is 1. The Hall–Kier alpha value is -0.410. The smallest absolute Gasteiger partial charge is 0.136 e. The minimum atomic E-state index is -0.967. The van der Waals surface area contributed by atoms with Gasteiger partial charge in [0.25, 0.3) is 0 Å². The zero-order valence-electron chi connectivity index (χ0n) is 7.86. The van der Waals surface area contributed by atoms with Crippen molar-refractivity contribution < 1.29 is 15.0 Å². The topological polar surface area (TPSA) is 57.5 Å². The Bertz CT molecular complexity index is 238. The quantitative estimate of drug-likeness (QED) is 0.618. The van der Waals surface area contributed by atoms with Crippen molar-refractivity contribution in [2.24, 2.45) is 17.8 Å². The van der Waals surface area contributed by atoms with E-state index in [0.717, 1.165) is 6.42 Å². The van der Waals surface area contributed by atoms with Crippen LogP contribution in [0, 0.1) is 17.8 Å². The van der Waals surface area contributed by atoms with Gasteiger partial charge in [0, 0.05) is 12.3 Å². The molecule has 2 rings (SSSR count). The highest BCUT2D eigenvalue weighted by atomic mass is 16.3. The highest BCUT2D eigenvalue weighted by molar-refractivity contribution is 5.82. The number of hydrogen-bond donors (Lipinski definition) is 2. The first-order valence-electron chi connectivity index (χ1n) is 4.93. The van der Waals surface area contributed by atoms with E-state index in [2.05, 4.69) is 0 Å². The van der Waals surface area contributed by atoms with Crippen LogP contribution in [0.4, 0.5) is 0 Å². The lowest BCUT2D eigenvalue weighted by Gasteiger charge is -2.28. The van der Waals surface area contributed by atoms with Crippen LogP contribution in [0.1, 0.15) is 26.2 Å². The second kappa shape index (κ2) is 2.79. The molecule has 74 valence electrons. The van der Waals surface area contributed by atoms with E-state index >= 15 is 0 Å². The SMILES string of the molecule is CC1C(=O)CC2CC1CC2(O)CO. The summed E-state index contributed by atoms with van der Waals surface area (Å²) < 4.78 is 0. The van der Waals surface area contributed by atoms with Gasteiger partial charge in [0.2, 0.25) is 0 Å². The van der Waals surface area contributed by atoms with Crippen molar-refractivity contribution in [3.63, 3.8) is 0 Å². The molecule has 0 aliphatic heterocycles. The van der Waals surface area contributed by atoms with Gasteiger partial charge in [-0.1, -0.05) is 6.92 Å². The number of Topliss-reactive ketones (excluding diaryl/α,β-unsaturated/α-hetero) is 1. The van der Waals surface area contributed by atoms with Crippen molar-refractivity contribution >= 4 is 5.78 Å². The molecule has 0 spiro atoms. The molecule has 3 heteroatoms. The molecular formula is C10H16O3. The zero-order chi connectivity index (χ0) is 9.64. The van der Waals surface area contributed by atoms with Gasteiger partial charge in [-0.3, -0.25) is 4.79 Å². The van der Waals surface area contributed by atoms with Crippen molar-refractivity contribution in [3.8, 4) is 0 Å². The fourth-order valence-electron chi connectivity index (χ4n) is 2.83. The second-order valence-corrected chi connectivity index (χ2v) is 4.62. The number of hydrogen-bond acceptors (Lipinski definition) is 3. The fraction of sp³-hybridized carbons (Fsp3) is 0.900. The summed E-state index contributed by atoms with van der Waals surface area (Å²) in [6, 6.07) is 0. The lowest BCUT2D eigenvalue weighted by atomic mass is 9.79. The van der Waals surface area contributed by atoms with E-state index < -0.39 is 5.60 Å². The Morgan fingerprint density at radius 3 is 2.92 bits per heavy atom. The summed E-state index contributed by atoms with van der Waals surface area (Å²) in [5.74, 6) is 0.636. The van der Waals surface area contributed by atoms with Crippen LogP contribution in [0.5, 0.6) is 0 Å². The van der Waals surface area contributed by atoms with E-state index in [0.29, 0.717) is 18.8 Å². The van der Waals surface area contributed by atoms with Gasteiger partial charge in [-0.2, -0.15) is 0 Å². The van der Waals surface area contributed by atoms with Crippen LogP contribution in [0.2, 0.25) is 0 Å². The van der Waals surface area contributed by atoms with Gasteiger partial charge in [0.05, 0.1) is 12.2 Å². The van der Waals surface area contributed by atoms with Gasteiger partial charge >= 0.3 is 0 Å². The molecule has 2 fully saturated rings. The molecular weight excluding hydrogens is 168 g/mol. The van der Waals surface area contributed by atoms with E-state index in [9.17, 15) is 9.90 Å². The first-order valence-corrected chi connectivity index (χ1v) is 4.93. The molecule has 2 bridgehead atoms. The van der Waals surface area contributed by atoms with Gasteiger partial charge < -0.3 is 10.2 Å². The number of carbonyl (C=O) groups is 1. The van der Waals surface area contributed by atoms with Gasteiger partial charge in [-0.05, 0) is 24.7 Å². The van der Waals surface area contributed by atoms with Crippen LogP contribution in [-0.2, 0) is 4.79 Å². The third-order valence-corrected chi connectivity index (χ3v) is 3.90. The van der Waals surface area contributed by atoms with Gasteiger partial charge in [0.1, 0.15) is 5.78 Å². The molecule has 2 N–H and O–H groups in total. The van der Waals surface area contributed by atoms with Crippen LogP contribution < -0.4 is 0 Å². The molecule has 0 aromatic carbocycles. The summed E-state index contributed by atoms with van der Waals surface area (Å²) in [6.45, 7) is 1.74. The number of aliphatic hydroxyl groups excluding tert-OH is 1. The van der Waals surface area contributed by atoms with Crippen LogP contribution in [0.15, 0.2) is 0 Å². The van der Waals surface area contributed by atoms with Crippen molar-refractivity contribution in [3.05, 3.63) is 0 Å². The van der Waals surface area contributed by atoms with E-state index in [4.69, 9.17) is 5.11 Å². The number of ketones is 1. The maximum Gasteiger partial charge on any atom is 0.136 e. The molecule has 2 aliphatic carbocycles. The van der Waals surface area contributed by atoms with Crippen LogP contribution in [0.3, 0.4) is 0 Å². The molecule has 0 aromatic rings. The number of rotatable bonds is 1. The van der Waals surface area contributed by atoms with E-state index in [1.165, 1.54) is 0 Å². The largest absolute Gasteiger partial charge is 0.393 e. The predicted octanol–water partition coefficient (Wildman–Crippen LogP) is 0.345. The number of aliphatic hydroxyl groups is 2.